The molecule has 104 valence electrons. The lowest BCUT2D eigenvalue weighted by atomic mass is 9.82. The van der Waals surface area contributed by atoms with Gasteiger partial charge in [0.1, 0.15) is 0 Å². The standard InChI is InChI=1S/C19H23N/c1-5-20(6-2)14-11-12-16-15-9-7-8-10-17(15)19(3,4)18(16)13-14/h7-13H,5-6H2,1-4H3. The first-order valence-corrected chi connectivity index (χ1v) is 7.59. The van der Waals surface area contributed by atoms with Gasteiger partial charge in [0.05, 0.1) is 0 Å². The average Bonchev–Trinajstić information content (AvgIpc) is 2.70. The van der Waals surface area contributed by atoms with Crippen molar-refractivity contribution in [3.8, 4) is 11.1 Å². The molecule has 0 radical (unpaired) electrons. The Kier molecular flexibility index (Phi) is 3.08. The predicted molar refractivity (Wildman–Crippen MR) is 87.6 cm³/mol. The van der Waals surface area contributed by atoms with Crippen molar-refractivity contribution in [2.75, 3.05) is 18.0 Å². The molecule has 0 saturated heterocycles. The summed E-state index contributed by atoms with van der Waals surface area (Å²) in [6.07, 6.45) is 0. The van der Waals surface area contributed by atoms with E-state index in [1.54, 1.807) is 0 Å². The molecule has 0 atom stereocenters. The van der Waals surface area contributed by atoms with Crippen LogP contribution in [0.2, 0.25) is 0 Å². The second-order valence-corrected chi connectivity index (χ2v) is 6.07. The summed E-state index contributed by atoms with van der Waals surface area (Å²) < 4.78 is 0. The summed E-state index contributed by atoms with van der Waals surface area (Å²) in [7, 11) is 0. The lowest BCUT2D eigenvalue weighted by molar-refractivity contribution is 0.659. The molecule has 0 spiro atoms. The van der Waals surface area contributed by atoms with Crippen LogP contribution in [0.5, 0.6) is 0 Å². The van der Waals surface area contributed by atoms with Crippen molar-refractivity contribution >= 4 is 5.69 Å². The molecule has 0 N–H and O–H groups in total. The van der Waals surface area contributed by atoms with Crippen LogP contribution in [0.4, 0.5) is 5.69 Å². The van der Waals surface area contributed by atoms with Crippen LogP contribution in [0.15, 0.2) is 42.5 Å². The Bertz CT molecular complexity index is 636. The summed E-state index contributed by atoms with van der Waals surface area (Å²) in [6, 6.07) is 15.8. The van der Waals surface area contributed by atoms with Crippen molar-refractivity contribution in [2.24, 2.45) is 0 Å². The maximum Gasteiger partial charge on any atom is 0.0369 e. The first kappa shape index (κ1) is 13.2. The minimum Gasteiger partial charge on any atom is -0.372 e. The Morgan fingerprint density at radius 3 is 2.20 bits per heavy atom. The van der Waals surface area contributed by atoms with E-state index in [1.165, 1.54) is 27.9 Å². The van der Waals surface area contributed by atoms with Crippen molar-refractivity contribution in [3.63, 3.8) is 0 Å². The quantitative estimate of drug-likeness (QED) is 0.767. The molecule has 3 rings (SSSR count). The third-order valence-electron chi connectivity index (χ3n) is 4.70. The second-order valence-electron chi connectivity index (χ2n) is 6.07. The zero-order valence-electron chi connectivity index (χ0n) is 12.9. The van der Waals surface area contributed by atoms with E-state index in [9.17, 15) is 0 Å². The van der Waals surface area contributed by atoms with Crippen LogP contribution in [-0.4, -0.2) is 13.1 Å². The van der Waals surface area contributed by atoms with Gasteiger partial charge in [-0.1, -0.05) is 44.2 Å². The van der Waals surface area contributed by atoms with Crippen LogP contribution < -0.4 is 4.90 Å². The van der Waals surface area contributed by atoms with Crippen molar-refractivity contribution in [3.05, 3.63) is 53.6 Å². The first-order chi connectivity index (χ1) is 9.59. The molecular weight excluding hydrogens is 242 g/mol. The highest BCUT2D eigenvalue weighted by Crippen LogP contribution is 2.49. The van der Waals surface area contributed by atoms with Gasteiger partial charge in [-0.05, 0) is 48.2 Å². The van der Waals surface area contributed by atoms with Crippen LogP contribution in [0.3, 0.4) is 0 Å². The molecule has 0 fully saturated rings. The van der Waals surface area contributed by atoms with Crippen molar-refractivity contribution in [2.45, 2.75) is 33.1 Å². The van der Waals surface area contributed by atoms with E-state index in [1.807, 2.05) is 0 Å². The van der Waals surface area contributed by atoms with Crippen LogP contribution in [0, 0.1) is 0 Å². The van der Waals surface area contributed by atoms with E-state index in [2.05, 4.69) is 75.1 Å². The van der Waals surface area contributed by atoms with E-state index in [0.717, 1.165) is 13.1 Å². The summed E-state index contributed by atoms with van der Waals surface area (Å²) in [5, 5.41) is 0. The maximum atomic E-state index is 2.42. The maximum absolute atomic E-state index is 2.42. The Hall–Kier alpha value is -1.76. The predicted octanol–water partition coefficient (Wildman–Crippen LogP) is 4.84. The van der Waals surface area contributed by atoms with Gasteiger partial charge in [-0.25, -0.2) is 0 Å². The Labute approximate surface area is 122 Å². The zero-order valence-corrected chi connectivity index (χ0v) is 12.9. The van der Waals surface area contributed by atoms with Crippen LogP contribution >= 0.6 is 0 Å². The first-order valence-electron chi connectivity index (χ1n) is 7.59. The number of hydrogen-bond donors (Lipinski definition) is 0. The minimum absolute atomic E-state index is 0.106. The largest absolute Gasteiger partial charge is 0.372 e. The summed E-state index contributed by atoms with van der Waals surface area (Å²) >= 11 is 0. The van der Waals surface area contributed by atoms with Gasteiger partial charge >= 0.3 is 0 Å². The van der Waals surface area contributed by atoms with Crippen molar-refractivity contribution in [1.82, 2.24) is 0 Å². The molecule has 2 aromatic carbocycles. The third kappa shape index (κ3) is 1.76. The lowest BCUT2D eigenvalue weighted by Crippen LogP contribution is -2.22. The molecule has 0 amide bonds. The summed E-state index contributed by atoms with van der Waals surface area (Å²) in [5.41, 5.74) is 7.17. The van der Waals surface area contributed by atoms with Gasteiger partial charge in [0.2, 0.25) is 0 Å². The summed E-state index contributed by atoms with van der Waals surface area (Å²) in [6.45, 7) is 11.2. The fourth-order valence-electron chi connectivity index (χ4n) is 3.48. The van der Waals surface area contributed by atoms with E-state index < -0.39 is 0 Å². The number of rotatable bonds is 3. The minimum atomic E-state index is 0.106. The van der Waals surface area contributed by atoms with Gasteiger partial charge in [0.25, 0.3) is 0 Å². The number of nitrogens with zero attached hydrogens (tertiary/aromatic N) is 1. The Morgan fingerprint density at radius 1 is 0.850 bits per heavy atom. The van der Waals surface area contributed by atoms with Crippen LogP contribution in [0.1, 0.15) is 38.8 Å². The third-order valence-corrected chi connectivity index (χ3v) is 4.70. The number of benzene rings is 2. The number of anilines is 1. The molecule has 0 bridgehead atoms. The highest BCUT2D eigenvalue weighted by Gasteiger charge is 2.35. The molecule has 1 heteroatoms. The van der Waals surface area contributed by atoms with E-state index in [4.69, 9.17) is 0 Å². The Morgan fingerprint density at radius 2 is 1.50 bits per heavy atom. The normalized spacial score (nSPS) is 14.8. The number of fused-ring (bicyclic) bond motifs is 3. The molecule has 20 heavy (non-hydrogen) atoms. The molecule has 0 aromatic heterocycles. The van der Waals surface area contributed by atoms with Crippen molar-refractivity contribution < 1.29 is 0 Å². The molecule has 1 nitrogen and oxygen atoms in total. The molecule has 1 aliphatic rings. The second kappa shape index (κ2) is 4.66. The van der Waals surface area contributed by atoms with Gasteiger partial charge in [-0.15, -0.1) is 0 Å². The summed E-state index contributed by atoms with van der Waals surface area (Å²) in [4.78, 5) is 2.42. The fraction of sp³-hybridized carbons (Fsp3) is 0.368. The van der Waals surface area contributed by atoms with Crippen LogP contribution in [-0.2, 0) is 5.41 Å². The van der Waals surface area contributed by atoms with E-state index in [-0.39, 0.29) is 5.41 Å². The topological polar surface area (TPSA) is 3.24 Å². The molecule has 0 heterocycles. The van der Waals surface area contributed by atoms with E-state index in [0.29, 0.717) is 0 Å². The van der Waals surface area contributed by atoms with Gasteiger partial charge in [-0.2, -0.15) is 0 Å². The highest BCUT2D eigenvalue weighted by molar-refractivity contribution is 5.82. The molecule has 1 aliphatic carbocycles. The zero-order chi connectivity index (χ0) is 14.3. The van der Waals surface area contributed by atoms with Crippen molar-refractivity contribution in [1.29, 1.82) is 0 Å². The van der Waals surface area contributed by atoms with Gasteiger partial charge in [-0.3, -0.25) is 0 Å². The molecule has 0 aliphatic heterocycles. The van der Waals surface area contributed by atoms with Gasteiger partial charge in [0.15, 0.2) is 0 Å². The van der Waals surface area contributed by atoms with Crippen LogP contribution in [0.25, 0.3) is 11.1 Å². The monoisotopic (exact) mass is 265 g/mol. The molecule has 2 aromatic rings. The average molecular weight is 265 g/mol. The Balaban J connectivity index is 2.17. The summed E-state index contributed by atoms with van der Waals surface area (Å²) in [5.74, 6) is 0. The molecule has 0 saturated carbocycles. The highest BCUT2D eigenvalue weighted by atomic mass is 15.1. The van der Waals surface area contributed by atoms with Gasteiger partial charge < -0.3 is 4.90 Å². The number of hydrogen-bond acceptors (Lipinski definition) is 1. The van der Waals surface area contributed by atoms with E-state index >= 15 is 0 Å². The molecule has 0 unspecified atom stereocenters. The molecular formula is C19H23N. The fourth-order valence-corrected chi connectivity index (χ4v) is 3.48. The van der Waals surface area contributed by atoms with Gasteiger partial charge in [0, 0.05) is 24.2 Å². The lowest BCUT2D eigenvalue weighted by Gasteiger charge is -2.25. The smallest absolute Gasteiger partial charge is 0.0369 e. The SMILES string of the molecule is CCN(CC)c1ccc2c(c1)C(C)(C)c1ccccc1-2.